The maximum absolute atomic E-state index is 12.7. The quantitative estimate of drug-likeness (QED) is 0.480. The van der Waals surface area contributed by atoms with Crippen LogP contribution in [-0.2, 0) is 0 Å². The molecule has 0 saturated carbocycles. The van der Waals surface area contributed by atoms with Crippen LogP contribution in [-0.4, -0.2) is 44.0 Å². The molecule has 11 heteroatoms. The molecule has 0 aliphatic rings. The van der Waals surface area contributed by atoms with E-state index in [1.807, 2.05) is 38.1 Å². The molecule has 3 rings (SSSR count). The number of ether oxygens (including phenoxy) is 1. The molecule has 0 fully saturated rings. The number of amides is 1. The van der Waals surface area contributed by atoms with E-state index >= 15 is 0 Å². The van der Waals surface area contributed by atoms with Crippen molar-refractivity contribution in [3.63, 3.8) is 0 Å². The number of nitrogens with one attached hydrogen (secondary N) is 1. The first kappa shape index (κ1) is 19.0. The Bertz CT molecular complexity index is 1020. The van der Waals surface area contributed by atoms with Gasteiger partial charge in [0.05, 0.1) is 18.5 Å². The minimum atomic E-state index is -0.515. The van der Waals surface area contributed by atoms with Gasteiger partial charge in [-0.15, -0.1) is 5.10 Å². The van der Waals surface area contributed by atoms with Gasteiger partial charge >= 0.3 is 0 Å². The third-order valence-electron chi connectivity index (χ3n) is 3.99. The lowest BCUT2D eigenvalue weighted by atomic mass is 10.1. The summed E-state index contributed by atoms with van der Waals surface area (Å²) in [6, 6.07) is 7.37. The van der Waals surface area contributed by atoms with Crippen LogP contribution in [0.25, 0.3) is 5.82 Å². The number of anilines is 1. The number of hydrogen-bond donors (Lipinski definition) is 2. The second-order valence-electron chi connectivity index (χ2n) is 6.20. The molecule has 1 aromatic carbocycles. The van der Waals surface area contributed by atoms with Crippen molar-refractivity contribution >= 4 is 17.4 Å². The summed E-state index contributed by atoms with van der Waals surface area (Å²) in [6.07, 6.45) is 0. The lowest BCUT2D eigenvalue weighted by Crippen LogP contribution is -2.22. The minimum absolute atomic E-state index is 0.0452. The van der Waals surface area contributed by atoms with Crippen LogP contribution in [0.4, 0.5) is 5.82 Å². The van der Waals surface area contributed by atoms with Crippen LogP contribution in [0.5, 0.6) is 5.75 Å². The Morgan fingerprint density at radius 1 is 1.32 bits per heavy atom. The summed E-state index contributed by atoms with van der Waals surface area (Å²) in [5.41, 5.74) is 10.2. The summed E-state index contributed by atoms with van der Waals surface area (Å²) in [4.78, 5) is 12.7. The van der Waals surface area contributed by atoms with Gasteiger partial charge in [0.1, 0.15) is 5.75 Å². The molecule has 11 nitrogen and oxygen atoms in total. The number of nitrogens with zero attached hydrogens (tertiary/aromatic N) is 6. The van der Waals surface area contributed by atoms with Crippen LogP contribution in [0, 0.1) is 0 Å². The fourth-order valence-corrected chi connectivity index (χ4v) is 2.65. The average molecular weight is 384 g/mol. The molecule has 2 heterocycles. The Hall–Kier alpha value is -3.76. The van der Waals surface area contributed by atoms with Crippen molar-refractivity contribution in [3.05, 3.63) is 41.2 Å². The van der Waals surface area contributed by atoms with E-state index in [1.54, 1.807) is 14.0 Å². The van der Waals surface area contributed by atoms with Crippen LogP contribution >= 0.6 is 0 Å². The second-order valence-corrected chi connectivity index (χ2v) is 6.20. The van der Waals surface area contributed by atoms with E-state index in [4.69, 9.17) is 10.5 Å². The van der Waals surface area contributed by atoms with Gasteiger partial charge in [-0.25, -0.2) is 10.1 Å². The molecule has 28 heavy (non-hydrogen) atoms. The topological polar surface area (TPSA) is 146 Å². The van der Waals surface area contributed by atoms with Crippen molar-refractivity contribution in [2.45, 2.75) is 26.7 Å². The first-order valence-corrected chi connectivity index (χ1v) is 8.46. The molecule has 0 aliphatic heterocycles. The highest BCUT2D eigenvalue weighted by Gasteiger charge is 2.25. The Morgan fingerprint density at radius 2 is 2.07 bits per heavy atom. The molecule has 0 bridgehead atoms. The molecule has 3 aromatic rings. The Kier molecular flexibility index (Phi) is 5.34. The van der Waals surface area contributed by atoms with Crippen molar-refractivity contribution < 1.29 is 14.2 Å². The molecule has 0 unspecified atom stereocenters. The Balaban J connectivity index is 1.89. The normalized spacial score (nSPS) is 11.7. The third-order valence-corrected chi connectivity index (χ3v) is 3.99. The van der Waals surface area contributed by atoms with Gasteiger partial charge in [0, 0.05) is 5.56 Å². The monoisotopic (exact) mass is 384 g/mol. The summed E-state index contributed by atoms with van der Waals surface area (Å²) in [7, 11) is 1.57. The molecule has 1 amide bonds. The van der Waals surface area contributed by atoms with Crippen molar-refractivity contribution in [1.82, 2.24) is 30.7 Å². The summed E-state index contributed by atoms with van der Waals surface area (Å²) in [6.45, 7) is 5.54. The molecule has 0 aliphatic carbocycles. The van der Waals surface area contributed by atoms with Crippen molar-refractivity contribution in [3.8, 4) is 11.6 Å². The van der Waals surface area contributed by atoms with Gasteiger partial charge in [0.25, 0.3) is 5.91 Å². The average Bonchev–Trinajstić information content (AvgIpc) is 3.31. The molecule has 0 atom stereocenters. The number of para-hydroxylation sites is 1. The number of carbonyl (C=O) groups excluding carboxylic acids is 1. The Morgan fingerprint density at radius 3 is 2.71 bits per heavy atom. The molecule has 3 N–H and O–H groups in total. The summed E-state index contributed by atoms with van der Waals surface area (Å²) in [5, 5.41) is 19.3. The summed E-state index contributed by atoms with van der Waals surface area (Å²) in [5.74, 6) is 0.249. The van der Waals surface area contributed by atoms with Gasteiger partial charge in [-0.05, 0) is 35.3 Å². The highest BCUT2D eigenvalue weighted by Crippen LogP contribution is 2.23. The van der Waals surface area contributed by atoms with E-state index in [9.17, 15) is 4.79 Å². The highest BCUT2D eigenvalue weighted by molar-refractivity contribution is 6.02. The minimum Gasteiger partial charge on any atom is -0.496 e. The van der Waals surface area contributed by atoms with Gasteiger partial charge in [-0.2, -0.15) is 9.78 Å². The van der Waals surface area contributed by atoms with Crippen molar-refractivity contribution in [2.75, 3.05) is 12.8 Å². The highest BCUT2D eigenvalue weighted by atomic mass is 16.6. The maximum Gasteiger partial charge on any atom is 0.293 e. The van der Waals surface area contributed by atoms with E-state index in [-0.39, 0.29) is 23.2 Å². The standard InChI is InChI=1S/C17H20N8O3/c1-9(2)14-13(20-24-25(14)16-15(18)22-28-23-16)17(26)21-19-10(3)11-7-5-6-8-12(11)27-4/h5-9H,1-4H3,(H2,18,22)(H,21,26). The third kappa shape index (κ3) is 3.54. The van der Waals surface area contributed by atoms with Gasteiger partial charge < -0.3 is 10.5 Å². The number of nitrogens with two attached hydrogens (primary N) is 1. The molecule has 0 saturated heterocycles. The van der Waals surface area contributed by atoms with Crippen LogP contribution < -0.4 is 15.9 Å². The first-order chi connectivity index (χ1) is 13.4. The number of hydrogen-bond acceptors (Lipinski definition) is 9. The van der Waals surface area contributed by atoms with Crippen LogP contribution in [0.1, 0.15) is 48.4 Å². The van der Waals surface area contributed by atoms with Gasteiger partial charge in [-0.1, -0.05) is 31.2 Å². The van der Waals surface area contributed by atoms with Crippen molar-refractivity contribution in [2.24, 2.45) is 5.10 Å². The molecular weight excluding hydrogens is 364 g/mol. The largest absolute Gasteiger partial charge is 0.496 e. The number of hydrazone groups is 1. The van der Waals surface area contributed by atoms with Crippen LogP contribution in [0.2, 0.25) is 0 Å². The second kappa shape index (κ2) is 7.86. The van der Waals surface area contributed by atoms with E-state index < -0.39 is 5.91 Å². The van der Waals surface area contributed by atoms with Crippen LogP contribution in [0.3, 0.4) is 0 Å². The number of rotatable bonds is 6. The molecular formula is C17H20N8O3. The fourth-order valence-electron chi connectivity index (χ4n) is 2.65. The predicted octanol–water partition coefficient (Wildman–Crippen LogP) is 1.52. The summed E-state index contributed by atoms with van der Waals surface area (Å²) < 4.78 is 11.3. The molecule has 0 radical (unpaired) electrons. The predicted molar refractivity (Wildman–Crippen MR) is 100 cm³/mol. The molecule has 2 aromatic heterocycles. The van der Waals surface area contributed by atoms with E-state index in [0.29, 0.717) is 17.2 Å². The van der Waals surface area contributed by atoms with Gasteiger partial charge in [0.2, 0.25) is 11.6 Å². The maximum atomic E-state index is 12.7. The van der Waals surface area contributed by atoms with E-state index in [0.717, 1.165) is 5.56 Å². The number of methoxy groups -OCH3 is 1. The van der Waals surface area contributed by atoms with Crippen LogP contribution in [0.15, 0.2) is 34.0 Å². The molecule has 146 valence electrons. The van der Waals surface area contributed by atoms with Gasteiger partial charge in [-0.3, -0.25) is 4.79 Å². The lowest BCUT2D eigenvalue weighted by molar-refractivity contribution is 0.0948. The van der Waals surface area contributed by atoms with Crippen molar-refractivity contribution in [1.29, 1.82) is 0 Å². The zero-order valence-electron chi connectivity index (χ0n) is 15.9. The van der Waals surface area contributed by atoms with Gasteiger partial charge in [0.15, 0.2) is 5.69 Å². The number of nitrogen functional groups attached to an aromatic ring is 1. The smallest absolute Gasteiger partial charge is 0.293 e. The SMILES string of the molecule is COc1ccccc1C(C)=NNC(=O)c1nnn(-c2nonc2N)c1C(C)C. The number of aromatic nitrogens is 5. The molecule has 0 spiro atoms. The number of benzene rings is 1. The first-order valence-electron chi connectivity index (χ1n) is 8.46. The summed E-state index contributed by atoms with van der Waals surface area (Å²) >= 11 is 0. The fraction of sp³-hybridized carbons (Fsp3) is 0.294. The lowest BCUT2D eigenvalue weighted by Gasteiger charge is -2.09. The van der Waals surface area contributed by atoms with E-state index in [2.05, 4.69) is 35.8 Å². The zero-order valence-corrected chi connectivity index (χ0v) is 15.9. The Labute approximate surface area is 160 Å². The number of carbonyl (C=O) groups is 1. The zero-order chi connectivity index (χ0) is 20.3. The van der Waals surface area contributed by atoms with E-state index in [1.165, 1.54) is 4.68 Å².